The van der Waals surface area contributed by atoms with Crippen molar-refractivity contribution in [2.75, 3.05) is 0 Å². The Kier molecular flexibility index (Phi) is 1600. The van der Waals surface area contributed by atoms with E-state index < -0.39 is 0 Å². The van der Waals surface area contributed by atoms with Gasteiger partial charge in [0.25, 0.3) is 0 Å². The van der Waals surface area contributed by atoms with Gasteiger partial charge >= 0.3 is 36.9 Å². The van der Waals surface area contributed by atoms with Crippen molar-refractivity contribution in [1.82, 2.24) is 0 Å². The summed E-state index contributed by atoms with van der Waals surface area (Å²) in [4.78, 5) is 0. The Labute approximate surface area is 76.6 Å². The molecule has 0 aromatic heterocycles. The minimum absolute atomic E-state index is 0. The van der Waals surface area contributed by atoms with Crippen molar-refractivity contribution in [3.8, 4) is 0 Å². The molecule has 0 saturated carbocycles. The van der Waals surface area contributed by atoms with Crippen LogP contribution in [-0.4, -0.2) is 0 Å². The maximum absolute atomic E-state index is 0. The second kappa shape index (κ2) is 77.5. The van der Waals surface area contributed by atoms with Gasteiger partial charge in [-0.05, 0) is 0 Å². The van der Waals surface area contributed by atoms with Crippen molar-refractivity contribution >= 4 is 0 Å². The molecule has 4 nitrogen and oxygen atoms in total. The quantitative estimate of drug-likeness (QED) is 0.573. The van der Waals surface area contributed by atoms with Crippen LogP contribution in [0.15, 0.2) is 0 Å². The van der Waals surface area contributed by atoms with Gasteiger partial charge in [0.1, 0.15) is 0 Å². The van der Waals surface area contributed by atoms with Gasteiger partial charge in [-0.2, -0.15) is 0 Å². The molecule has 0 aromatic carbocycles. The van der Waals surface area contributed by atoms with E-state index in [1.54, 1.807) is 0 Å². The topological polar surface area (TPSA) is 114 Å². The predicted octanol–water partition coefficient (Wildman–Crippen LogP) is -0.478. The average molecular weight is 290 g/mol. The molecule has 0 N–H and O–H groups in total. The first-order chi connectivity index (χ1) is 0. The summed E-state index contributed by atoms with van der Waals surface area (Å²) in [5.74, 6) is 0. The minimum Gasteiger partial charge on any atom is -2.00 e. The SMILES string of the molecule is [Lu+3].[O-2].[O-2].[O-2].[O-2].[V]. The van der Waals surface area contributed by atoms with E-state index in [1.807, 2.05) is 0 Å². The van der Waals surface area contributed by atoms with E-state index in [2.05, 4.69) is 0 Å². The molecular weight excluding hydrogens is 290 g/mol. The molecule has 0 fully saturated rings. The van der Waals surface area contributed by atoms with Crippen LogP contribution in [0.4, 0.5) is 0 Å². The van der Waals surface area contributed by atoms with Crippen LogP contribution in [-0.2, 0) is 40.5 Å². The number of hydrogen-bond acceptors (Lipinski definition) is 0. The molecule has 0 atom stereocenters. The van der Waals surface area contributed by atoms with Gasteiger partial charge in [0.15, 0.2) is 0 Å². The van der Waals surface area contributed by atoms with Gasteiger partial charge in [0.05, 0.1) is 0 Å². The van der Waals surface area contributed by atoms with Crippen molar-refractivity contribution < 1.29 is 77.3 Å². The average Bonchev–Trinajstić information content (AvgIpc) is 0. The molecule has 6 heteroatoms. The van der Waals surface area contributed by atoms with Gasteiger partial charge in [-0.3, -0.25) is 0 Å². The molecule has 6 heavy (non-hydrogen) atoms. The molecule has 0 bridgehead atoms. The van der Waals surface area contributed by atoms with Gasteiger partial charge in [0.2, 0.25) is 0 Å². The molecule has 0 aromatic rings. The van der Waals surface area contributed by atoms with E-state index in [1.165, 1.54) is 0 Å². The van der Waals surface area contributed by atoms with Gasteiger partial charge in [-0.25, -0.2) is 0 Å². The van der Waals surface area contributed by atoms with E-state index in [9.17, 15) is 0 Å². The Balaban J connectivity index is 0. The fourth-order valence-corrected chi connectivity index (χ4v) is 0. The zero-order valence-corrected chi connectivity index (χ0v) is 5.39. The summed E-state index contributed by atoms with van der Waals surface area (Å²) in [7, 11) is 0. The third kappa shape index (κ3) is 44.7. The van der Waals surface area contributed by atoms with Crippen molar-refractivity contribution in [2.45, 2.75) is 0 Å². The maximum Gasteiger partial charge on any atom is 3.00 e. The van der Waals surface area contributed by atoms with Gasteiger partial charge in [-0.15, -0.1) is 0 Å². The molecule has 1 radical (unpaired) electrons. The summed E-state index contributed by atoms with van der Waals surface area (Å²) in [5.41, 5.74) is 0. The van der Waals surface area contributed by atoms with Crippen molar-refractivity contribution in [2.24, 2.45) is 0 Å². The van der Waals surface area contributed by atoms with Crippen molar-refractivity contribution in [3.05, 3.63) is 0 Å². The first-order valence-corrected chi connectivity index (χ1v) is 0. The number of rotatable bonds is 0. The standard InChI is InChI=1S/Lu.4O.V/q+3;4*-2;. The smallest absolute Gasteiger partial charge is 2.00 e. The van der Waals surface area contributed by atoms with Crippen molar-refractivity contribution in [3.63, 3.8) is 0 Å². The molecule has 0 aliphatic carbocycles. The predicted molar refractivity (Wildman–Crippen MR) is 2.75 cm³/mol. The van der Waals surface area contributed by atoms with Crippen LogP contribution in [0, 0.1) is 36.9 Å². The summed E-state index contributed by atoms with van der Waals surface area (Å²) in [5, 5.41) is 0. The van der Waals surface area contributed by atoms with Crippen LogP contribution in [0.3, 0.4) is 0 Å². The van der Waals surface area contributed by atoms with Crippen LogP contribution in [0.25, 0.3) is 0 Å². The molecule has 0 aliphatic heterocycles. The first kappa shape index (κ1) is 123. The van der Waals surface area contributed by atoms with E-state index in [0.29, 0.717) is 0 Å². The van der Waals surface area contributed by atoms with E-state index in [-0.39, 0.29) is 77.3 Å². The number of hydrogen-bond donors (Lipinski definition) is 0. The van der Waals surface area contributed by atoms with E-state index in [0.717, 1.165) is 0 Å². The molecular formula is LuO4V-5. The normalized spacial score (nSPS) is 0. The second-order valence-electron chi connectivity index (χ2n) is 0. The summed E-state index contributed by atoms with van der Waals surface area (Å²) in [6, 6.07) is 0. The zero-order valence-electron chi connectivity index (χ0n) is 2.34. The fourth-order valence-electron chi connectivity index (χ4n) is 0. The van der Waals surface area contributed by atoms with Crippen LogP contribution in [0.5, 0.6) is 0 Å². The Morgan fingerprint density at radius 1 is 0.500 bits per heavy atom. The summed E-state index contributed by atoms with van der Waals surface area (Å²) in [6.45, 7) is 0. The molecule has 49 valence electrons. The summed E-state index contributed by atoms with van der Waals surface area (Å²) in [6.07, 6.45) is 0. The molecule has 0 spiro atoms. The molecule has 0 saturated heterocycles. The Hall–Kier alpha value is 1.66. The molecule has 0 amide bonds. The van der Waals surface area contributed by atoms with Crippen LogP contribution >= 0.6 is 0 Å². The zero-order chi connectivity index (χ0) is 0. The Bertz CT molecular complexity index is 7.51. The third-order valence-electron chi connectivity index (χ3n) is 0. The van der Waals surface area contributed by atoms with Crippen molar-refractivity contribution in [1.29, 1.82) is 0 Å². The largest absolute Gasteiger partial charge is 3.00 e. The van der Waals surface area contributed by atoms with Gasteiger partial charge < -0.3 is 21.9 Å². The van der Waals surface area contributed by atoms with E-state index in [4.69, 9.17) is 0 Å². The second-order valence-corrected chi connectivity index (χ2v) is 0. The Morgan fingerprint density at radius 2 is 0.500 bits per heavy atom. The fraction of sp³-hybridized carbons (Fsp3) is 0. The van der Waals surface area contributed by atoms with E-state index >= 15 is 0 Å². The molecule has 0 unspecified atom stereocenters. The molecule has 0 heterocycles. The summed E-state index contributed by atoms with van der Waals surface area (Å²) >= 11 is 0. The maximum atomic E-state index is 0. The van der Waals surface area contributed by atoms with Crippen LogP contribution in [0.1, 0.15) is 0 Å². The minimum atomic E-state index is 0. The molecule has 0 aliphatic rings. The van der Waals surface area contributed by atoms with Crippen LogP contribution < -0.4 is 0 Å². The monoisotopic (exact) mass is 290 g/mol. The van der Waals surface area contributed by atoms with Gasteiger partial charge in [-0.1, -0.05) is 0 Å². The Morgan fingerprint density at radius 3 is 0.500 bits per heavy atom. The third-order valence-corrected chi connectivity index (χ3v) is 0. The van der Waals surface area contributed by atoms with Crippen LogP contribution in [0.2, 0.25) is 0 Å². The summed E-state index contributed by atoms with van der Waals surface area (Å²) < 4.78 is 0. The van der Waals surface area contributed by atoms with Gasteiger partial charge in [0, 0.05) is 18.6 Å². The molecule has 0 rings (SSSR count). The first-order valence-electron chi connectivity index (χ1n) is 0.